The molecule has 4 nitrogen and oxygen atoms in total. The number of allylic oxidation sites excluding steroid dienone is 2. The fourth-order valence-corrected chi connectivity index (χ4v) is 7.65. The van der Waals surface area contributed by atoms with Crippen molar-refractivity contribution in [1.29, 1.82) is 0 Å². The lowest BCUT2D eigenvalue weighted by atomic mass is 9.48. The zero-order chi connectivity index (χ0) is 21.4. The Morgan fingerprint density at radius 2 is 1.84 bits per heavy atom. The highest BCUT2D eigenvalue weighted by Gasteiger charge is 2.59. The molecule has 1 aromatic carbocycles. The highest BCUT2D eigenvalue weighted by Crippen LogP contribution is 2.64. The van der Waals surface area contributed by atoms with Gasteiger partial charge in [0, 0.05) is 5.41 Å². The number of ketones is 1. The number of rotatable bonds is 1. The first-order valence-corrected chi connectivity index (χ1v) is 11.9. The Kier molecular flexibility index (Phi) is 4.25. The maximum Gasteiger partial charge on any atom is 0.231 e. The van der Waals surface area contributed by atoms with Crippen molar-refractivity contribution < 1.29 is 19.4 Å². The van der Waals surface area contributed by atoms with Crippen LogP contribution in [0.3, 0.4) is 0 Å². The third-order valence-corrected chi connectivity index (χ3v) is 9.46. The van der Waals surface area contributed by atoms with Gasteiger partial charge in [-0.3, -0.25) is 4.79 Å². The Morgan fingerprint density at radius 3 is 2.71 bits per heavy atom. The van der Waals surface area contributed by atoms with Crippen molar-refractivity contribution in [3.8, 4) is 11.5 Å². The molecule has 164 valence electrons. The molecular weight excluding hydrogens is 388 g/mol. The minimum Gasteiger partial charge on any atom is -0.454 e. The van der Waals surface area contributed by atoms with Gasteiger partial charge in [0.2, 0.25) is 6.79 Å². The highest BCUT2D eigenvalue weighted by molar-refractivity contribution is 6.06. The average molecular weight is 421 g/mol. The summed E-state index contributed by atoms with van der Waals surface area (Å²) in [5.74, 6) is 3.51. The molecule has 0 spiro atoms. The second-order valence-electron chi connectivity index (χ2n) is 10.9. The average Bonchev–Trinajstić information content (AvgIpc) is 3.31. The molecular formula is C27H32O4. The van der Waals surface area contributed by atoms with Crippen LogP contribution in [0.15, 0.2) is 35.4 Å². The van der Waals surface area contributed by atoms with Crippen molar-refractivity contribution in [1.82, 2.24) is 0 Å². The number of Topliss-reactive ketones (excluding diaryl/α,β-unsaturated/α-hetero) is 1. The van der Waals surface area contributed by atoms with Crippen LogP contribution in [0.4, 0.5) is 0 Å². The van der Waals surface area contributed by atoms with Crippen LogP contribution in [-0.4, -0.2) is 23.8 Å². The Balaban J connectivity index is 1.32. The summed E-state index contributed by atoms with van der Waals surface area (Å²) in [6, 6.07) is 5.94. The lowest BCUT2D eigenvalue weighted by Crippen LogP contribution is -2.50. The van der Waals surface area contributed by atoms with E-state index >= 15 is 0 Å². The minimum atomic E-state index is -0.237. The van der Waals surface area contributed by atoms with E-state index in [4.69, 9.17) is 9.47 Å². The largest absolute Gasteiger partial charge is 0.454 e. The van der Waals surface area contributed by atoms with E-state index in [1.165, 1.54) is 5.57 Å². The quantitative estimate of drug-likeness (QED) is 0.495. The molecule has 3 fully saturated rings. The number of hydrogen-bond donors (Lipinski definition) is 1. The topological polar surface area (TPSA) is 55.8 Å². The van der Waals surface area contributed by atoms with E-state index in [0.717, 1.165) is 67.6 Å². The van der Waals surface area contributed by atoms with Crippen LogP contribution >= 0.6 is 0 Å². The fourth-order valence-electron chi connectivity index (χ4n) is 7.65. The van der Waals surface area contributed by atoms with Crippen molar-refractivity contribution in [2.24, 2.45) is 28.6 Å². The first-order valence-electron chi connectivity index (χ1n) is 11.9. The van der Waals surface area contributed by atoms with Crippen LogP contribution in [0.5, 0.6) is 11.5 Å². The predicted molar refractivity (Wildman–Crippen MR) is 119 cm³/mol. The lowest BCUT2D eigenvalue weighted by Gasteiger charge is -2.56. The molecule has 1 heterocycles. The Morgan fingerprint density at radius 1 is 1.03 bits per heavy atom. The standard InChI is InChI=1S/C27H32O4/c1-26-9-7-19(28)14-18(26)4-5-20-21(26)8-10-27(2)22(20)13-17(25(27)29)11-16-3-6-23-24(12-16)31-15-30-23/h3-4,6,11-12,19-22,28H,5,7-10,13-15H2,1-2H3/b17-11+/t19?,20?,21?,22?,26-,27-/m0/s1. The van der Waals surface area contributed by atoms with Crippen LogP contribution in [-0.2, 0) is 4.79 Å². The third kappa shape index (κ3) is 2.80. The molecule has 0 saturated heterocycles. The lowest BCUT2D eigenvalue weighted by molar-refractivity contribution is -0.130. The van der Waals surface area contributed by atoms with E-state index in [9.17, 15) is 9.90 Å². The van der Waals surface area contributed by atoms with Gasteiger partial charge >= 0.3 is 0 Å². The molecule has 0 radical (unpaired) electrons. The zero-order valence-corrected chi connectivity index (χ0v) is 18.5. The van der Waals surface area contributed by atoms with Crippen molar-refractivity contribution in [2.75, 3.05) is 6.79 Å². The molecule has 1 aromatic rings. The number of hydrogen-bond acceptors (Lipinski definition) is 4. The summed E-state index contributed by atoms with van der Waals surface area (Å²) in [5.41, 5.74) is 3.45. The monoisotopic (exact) mass is 420 g/mol. The van der Waals surface area contributed by atoms with E-state index in [2.05, 4.69) is 26.0 Å². The third-order valence-electron chi connectivity index (χ3n) is 9.46. The summed E-state index contributed by atoms with van der Waals surface area (Å²) in [7, 11) is 0. The molecule has 1 N–H and O–H groups in total. The van der Waals surface area contributed by atoms with Crippen LogP contribution in [0.25, 0.3) is 6.08 Å². The SMILES string of the molecule is C[C@]12CCC(O)CC1=CCC1C2CC[C@]2(C)C(=O)/C(=C/c3ccc4c(c3)OCO4)CC12. The molecule has 5 aliphatic rings. The van der Waals surface area contributed by atoms with Crippen LogP contribution in [0.1, 0.15) is 64.4 Å². The second-order valence-corrected chi connectivity index (χ2v) is 10.9. The number of carbonyl (C=O) groups is 1. The summed E-state index contributed by atoms with van der Waals surface area (Å²) < 4.78 is 10.9. The molecule has 4 unspecified atom stereocenters. The van der Waals surface area contributed by atoms with Crippen LogP contribution in [0.2, 0.25) is 0 Å². The Hall–Kier alpha value is -2.07. The van der Waals surface area contributed by atoms with Gasteiger partial charge in [-0.1, -0.05) is 31.6 Å². The first kappa shape index (κ1) is 19.6. The van der Waals surface area contributed by atoms with Gasteiger partial charge in [0.05, 0.1) is 6.10 Å². The van der Waals surface area contributed by atoms with E-state index in [0.29, 0.717) is 23.5 Å². The zero-order valence-electron chi connectivity index (χ0n) is 18.5. The van der Waals surface area contributed by atoms with Crippen molar-refractivity contribution in [2.45, 2.75) is 64.9 Å². The normalized spacial score (nSPS) is 42.1. The fraction of sp³-hybridized carbons (Fsp3) is 0.593. The summed E-state index contributed by atoms with van der Waals surface area (Å²) in [6.07, 6.45) is 11.2. The smallest absolute Gasteiger partial charge is 0.231 e. The Labute approximate surface area is 184 Å². The van der Waals surface area contributed by atoms with Gasteiger partial charge in [-0.05, 0) is 97.5 Å². The summed E-state index contributed by atoms with van der Waals surface area (Å²) in [6.45, 7) is 4.93. The predicted octanol–water partition coefficient (Wildman–Crippen LogP) is 5.30. The molecule has 31 heavy (non-hydrogen) atoms. The number of aliphatic hydroxyl groups excluding tert-OH is 1. The van der Waals surface area contributed by atoms with Crippen molar-refractivity contribution in [3.63, 3.8) is 0 Å². The van der Waals surface area contributed by atoms with Crippen LogP contribution in [0, 0.1) is 28.6 Å². The molecule has 4 heteroatoms. The van der Waals surface area contributed by atoms with Gasteiger partial charge in [-0.25, -0.2) is 0 Å². The van der Waals surface area contributed by atoms with Crippen LogP contribution < -0.4 is 9.47 Å². The number of fused-ring (bicyclic) bond motifs is 6. The number of carbonyl (C=O) groups excluding carboxylic acids is 1. The number of ether oxygens (including phenoxy) is 2. The van der Waals surface area contributed by atoms with Gasteiger partial charge < -0.3 is 14.6 Å². The summed E-state index contributed by atoms with van der Waals surface area (Å²) in [4.78, 5) is 13.6. The molecule has 0 aromatic heterocycles. The van der Waals surface area contributed by atoms with E-state index in [1.807, 2.05) is 18.2 Å². The minimum absolute atomic E-state index is 0.172. The van der Waals surface area contributed by atoms with Gasteiger partial charge in [0.25, 0.3) is 0 Å². The summed E-state index contributed by atoms with van der Waals surface area (Å²) in [5, 5.41) is 10.2. The first-order chi connectivity index (χ1) is 14.9. The maximum absolute atomic E-state index is 13.6. The van der Waals surface area contributed by atoms with Gasteiger partial charge in [-0.2, -0.15) is 0 Å². The molecule has 0 bridgehead atoms. The maximum atomic E-state index is 13.6. The molecule has 6 atom stereocenters. The van der Waals surface area contributed by atoms with E-state index in [-0.39, 0.29) is 23.7 Å². The van der Waals surface area contributed by atoms with Gasteiger partial charge in [0.15, 0.2) is 17.3 Å². The van der Waals surface area contributed by atoms with Gasteiger partial charge in [0.1, 0.15) is 0 Å². The Bertz CT molecular complexity index is 1010. The molecule has 0 amide bonds. The highest BCUT2D eigenvalue weighted by atomic mass is 16.7. The van der Waals surface area contributed by atoms with Crippen molar-refractivity contribution in [3.05, 3.63) is 41.0 Å². The van der Waals surface area contributed by atoms with E-state index in [1.54, 1.807) is 0 Å². The molecule has 6 rings (SSSR count). The number of benzene rings is 1. The molecule has 3 saturated carbocycles. The molecule has 1 aliphatic heterocycles. The molecule has 4 aliphatic carbocycles. The van der Waals surface area contributed by atoms with E-state index < -0.39 is 0 Å². The second kappa shape index (κ2) is 6.71. The van der Waals surface area contributed by atoms with Crippen molar-refractivity contribution >= 4 is 11.9 Å². The summed E-state index contributed by atoms with van der Waals surface area (Å²) >= 11 is 0. The number of aliphatic hydroxyl groups is 1. The van der Waals surface area contributed by atoms with Gasteiger partial charge in [-0.15, -0.1) is 0 Å².